The molecule has 1 aromatic rings. The van der Waals surface area contributed by atoms with Crippen LogP contribution < -0.4 is 20.1 Å². The van der Waals surface area contributed by atoms with Gasteiger partial charge < -0.3 is 25.2 Å². The van der Waals surface area contributed by atoms with Crippen LogP contribution in [0.25, 0.3) is 0 Å². The summed E-state index contributed by atoms with van der Waals surface area (Å²) in [6.07, 6.45) is 2.96. The van der Waals surface area contributed by atoms with E-state index in [0.717, 1.165) is 25.3 Å². The Morgan fingerprint density at radius 1 is 1.07 bits per heavy atom. The quantitative estimate of drug-likeness (QED) is 0.351. The van der Waals surface area contributed by atoms with Gasteiger partial charge in [-0.15, -0.1) is 0 Å². The first-order chi connectivity index (χ1) is 19.8. The van der Waals surface area contributed by atoms with Crippen LogP contribution in [-0.4, -0.2) is 48.7 Å². The summed E-state index contributed by atoms with van der Waals surface area (Å²) in [5.74, 6) is -4.47. The summed E-state index contributed by atoms with van der Waals surface area (Å²) in [5, 5.41) is 15.3. The molecule has 0 spiro atoms. The van der Waals surface area contributed by atoms with E-state index in [1.165, 1.54) is 13.2 Å². The highest BCUT2D eigenvalue weighted by Crippen LogP contribution is 2.53. The first kappa shape index (κ1) is 30.2. The second kappa shape index (κ2) is 11.4. The molecular weight excluding hydrogens is 553 g/mol. The number of methoxy groups -OCH3 is 1. The molecule has 0 heterocycles. The van der Waals surface area contributed by atoms with Crippen LogP contribution in [0.4, 0.5) is 13.2 Å². The Hall–Kier alpha value is -3.24. The van der Waals surface area contributed by atoms with E-state index in [-0.39, 0.29) is 46.3 Å². The third kappa shape index (κ3) is 5.71. The summed E-state index contributed by atoms with van der Waals surface area (Å²) in [4.78, 5) is 38.5. The van der Waals surface area contributed by atoms with E-state index >= 15 is 0 Å². The largest absolute Gasteiger partial charge is 0.496 e. The molecule has 8 nitrogen and oxygen atoms in total. The number of fused-ring (bicyclic) bond motifs is 2. The van der Waals surface area contributed by atoms with Gasteiger partial charge in [-0.05, 0) is 75.7 Å². The van der Waals surface area contributed by atoms with Gasteiger partial charge in [0.15, 0.2) is 11.6 Å². The lowest BCUT2D eigenvalue weighted by Crippen LogP contribution is -2.52. The molecule has 42 heavy (non-hydrogen) atoms. The van der Waals surface area contributed by atoms with Gasteiger partial charge >= 0.3 is 5.97 Å². The topological polar surface area (TPSA) is 114 Å². The average molecular weight is 593 g/mol. The lowest BCUT2D eigenvalue weighted by Gasteiger charge is -2.39. The molecule has 4 atom stereocenters. The summed E-state index contributed by atoms with van der Waals surface area (Å²) in [7, 11) is 1.29. The Bertz CT molecular complexity index is 1280. The van der Waals surface area contributed by atoms with Crippen LogP contribution in [0.15, 0.2) is 23.8 Å². The van der Waals surface area contributed by atoms with Crippen LogP contribution in [0.5, 0.6) is 11.5 Å². The second-order valence-corrected chi connectivity index (χ2v) is 13.2. The smallest absolute Gasteiger partial charge is 0.309 e. The molecule has 11 heteroatoms. The number of carbonyl (C=O) groups excluding carboxylic acids is 2. The Balaban J connectivity index is 1.34. The first-order valence-corrected chi connectivity index (χ1v) is 14.7. The number of nitrogens with one attached hydrogen (secondary N) is 2. The number of hydrogen-bond donors (Lipinski definition) is 3. The van der Waals surface area contributed by atoms with Crippen molar-refractivity contribution in [3.05, 3.63) is 35.2 Å². The maximum absolute atomic E-state index is 15.0. The molecule has 2 bridgehead atoms. The van der Waals surface area contributed by atoms with Gasteiger partial charge in [0, 0.05) is 30.1 Å². The third-order valence-electron chi connectivity index (χ3n) is 10.3. The predicted octanol–water partition coefficient (Wildman–Crippen LogP) is 5.46. The van der Waals surface area contributed by atoms with Gasteiger partial charge in [0.1, 0.15) is 5.75 Å². The van der Waals surface area contributed by atoms with Crippen LogP contribution in [0.3, 0.4) is 0 Å². The molecule has 2 amide bonds. The molecule has 4 aliphatic carbocycles. The number of carboxylic acid groups (broad SMARTS) is 1. The predicted molar refractivity (Wildman–Crippen MR) is 147 cm³/mol. The SMILES string of the molecule is COc1cc(F)c(OC2CCC(C)(C(=O)O)CC2)cc1C(=O)N[C@H]1[C@@H](C(=O)NCC2(C)CCC2)[C@@H]2CC(=C(F)F)[C@H]1C2. The summed E-state index contributed by atoms with van der Waals surface area (Å²) >= 11 is 0. The fraction of sp³-hybridized carbons (Fsp3) is 0.645. The van der Waals surface area contributed by atoms with E-state index < -0.39 is 53.2 Å². The molecule has 0 unspecified atom stereocenters. The lowest BCUT2D eigenvalue weighted by molar-refractivity contribution is -0.150. The maximum atomic E-state index is 15.0. The van der Waals surface area contributed by atoms with Crippen molar-refractivity contribution in [2.75, 3.05) is 13.7 Å². The molecule has 0 saturated heterocycles. The van der Waals surface area contributed by atoms with Crippen molar-refractivity contribution in [1.82, 2.24) is 10.6 Å². The third-order valence-corrected chi connectivity index (χ3v) is 10.3. The zero-order valence-corrected chi connectivity index (χ0v) is 24.2. The van der Waals surface area contributed by atoms with Gasteiger partial charge in [-0.2, -0.15) is 8.78 Å². The van der Waals surface area contributed by atoms with E-state index in [0.29, 0.717) is 38.6 Å². The lowest BCUT2D eigenvalue weighted by atomic mass is 9.70. The van der Waals surface area contributed by atoms with E-state index in [9.17, 15) is 32.7 Å². The molecule has 4 aliphatic rings. The Morgan fingerprint density at radius 2 is 1.76 bits per heavy atom. The van der Waals surface area contributed by atoms with E-state index in [2.05, 4.69) is 17.6 Å². The number of benzene rings is 1. The fourth-order valence-corrected chi connectivity index (χ4v) is 7.27. The second-order valence-electron chi connectivity index (χ2n) is 13.2. The molecule has 5 rings (SSSR count). The number of carbonyl (C=O) groups is 3. The number of halogens is 3. The van der Waals surface area contributed by atoms with E-state index in [1.54, 1.807) is 6.92 Å². The van der Waals surface area contributed by atoms with Gasteiger partial charge in [0.25, 0.3) is 12.0 Å². The van der Waals surface area contributed by atoms with Gasteiger partial charge in [0.05, 0.1) is 30.1 Å². The minimum atomic E-state index is -1.77. The molecule has 3 N–H and O–H groups in total. The van der Waals surface area contributed by atoms with Crippen molar-refractivity contribution >= 4 is 17.8 Å². The molecule has 0 aliphatic heterocycles. The van der Waals surface area contributed by atoms with Gasteiger partial charge in [-0.1, -0.05) is 13.3 Å². The minimum absolute atomic E-state index is 0.0268. The van der Waals surface area contributed by atoms with Crippen LogP contribution in [0.2, 0.25) is 0 Å². The molecule has 4 saturated carbocycles. The molecule has 1 aromatic carbocycles. The Kier molecular flexibility index (Phi) is 8.24. The van der Waals surface area contributed by atoms with Crippen LogP contribution in [0.1, 0.15) is 82.0 Å². The Labute approximate surface area is 243 Å². The van der Waals surface area contributed by atoms with E-state index in [4.69, 9.17) is 9.47 Å². The van der Waals surface area contributed by atoms with E-state index in [1.807, 2.05) is 0 Å². The number of rotatable bonds is 9. The number of ether oxygens (including phenoxy) is 2. The maximum Gasteiger partial charge on any atom is 0.309 e. The summed E-state index contributed by atoms with van der Waals surface area (Å²) in [6.45, 7) is 4.28. The van der Waals surface area contributed by atoms with Crippen molar-refractivity contribution in [2.45, 2.75) is 83.8 Å². The van der Waals surface area contributed by atoms with Crippen molar-refractivity contribution in [3.63, 3.8) is 0 Å². The molecule has 230 valence electrons. The van der Waals surface area contributed by atoms with Gasteiger partial charge in [-0.25, -0.2) is 4.39 Å². The van der Waals surface area contributed by atoms with Gasteiger partial charge in [0.2, 0.25) is 5.91 Å². The van der Waals surface area contributed by atoms with Crippen LogP contribution in [0, 0.1) is 34.4 Å². The zero-order chi connectivity index (χ0) is 30.4. The zero-order valence-electron chi connectivity index (χ0n) is 24.2. The summed E-state index contributed by atoms with van der Waals surface area (Å²) < 4.78 is 53.8. The minimum Gasteiger partial charge on any atom is -0.496 e. The highest BCUT2D eigenvalue weighted by atomic mass is 19.3. The van der Waals surface area contributed by atoms with Gasteiger partial charge in [-0.3, -0.25) is 14.4 Å². The van der Waals surface area contributed by atoms with Crippen LogP contribution >= 0.6 is 0 Å². The fourth-order valence-electron chi connectivity index (χ4n) is 7.27. The number of carboxylic acids is 1. The average Bonchev–Trinajstić information content (AvgIpc) is 3.52. The summed E-state index contributed by atoms with van der Waals surface area (Å²) in [6, 6.07) is 1.40. The molecule has 4 fully saturated rings. The monoisotopic (exact) mass is 592 g/mol. The van der Waals surface area contributed by atoms with Crippen molar-refractivity contribution < 1.29 is 42.1 Å². The number of hydrogen-bond acceptors (Lipinski definition) is 5. The normalized spacial score (nSPS) is 31.2. The van der Waals surface area contributed by atoms with Crippen molar-refractivity contribution in [1.29, 1.82) is 0 Å². The standard InChI is InChI=1S/C31H39F3N2O6/c1-30(7-4-8-30)15-35-28(38)24-16-11-18(19(12-16)26(33)34)25(24)36-27(37)20-13-23(21(32)14-22(20)41-3)42-17-5-9-31(2,10-6-17)29(39)40/h13-14,16-18,24-25H,4-12,15H2,1-3H3,(H,35,38)(H,36,37)(H,39,40)/t16-,17?,18+,24-,25+,31?/m0/s1. The van der Waals surface area contributed by atoms with Crippen LogP contribution in [-0.2, 0) is 9.59 Å². The van der Waals surface area contributed by atoms with Crippen molar-refractivity contribution in [3.8, 4) is 11.5 Å². The molecule has 0 radical (unpaired) electrons. The number of aliphatic carboxylic acids is 1. The molecular formula is C31H39F3N2O6. The Morgan fingerprint density at radius 3 is 2.33 bits per heavy atom. The number of amides is 2. The van der Waals surface area contributed by atoms with Crippen molar-refractivity contribution in [2.24, 2.45) is 28.6 Å². The molecule has 0 aromatic heterocycles. The first-order valence-electron chi connectivity index (χ1n) is 14.7. The highest BCUT2D eigenvalue weighted by molar-refractivity contribution is 5.98. The summed E-state index contributed by atoms with van der Waals surface area (Å²) in [5.41, 5.74) is -0.907. The highest BCUT2D eigenvalue weighted by Gasteiger charge is 2.55.